The fraction of sp³-hybridized carbons (Fsp3) is 0.571. The van der Waals surface area contributed by atoms with E-state index in [-0.39, 0.29) is 22.9 Å². The van der Waals surface area contributed by atoms with E-state index in [0.717, 1.165) is 6.42 Å². The first-order chi connectivity index (χ1) is 7.95. The fourth-order valence-electron chi connectivity index (χ4n) is 2.40. The summed E-state index contributed by atoms with van der Waals surface area (Å²) >= 11 is 0. The highest BCUT2D eigenvalue weighted by Gasteiger charge is 2.49. The molecule has 1 N–H and O–H groups in total. The second-order valence-electron chi connectivity index (χ2n) is 5.50. The minimum absolute atomic E-state index is 0.203. The molecule has 17 heavy (non-hydrogen) atoms. The lowest BCUT2D eigenvalue weighted by atomic mass is 9.99. The molecule has 2 nitrogen and oxygen atoms in total. The van der Waals surface area contributed by atoms with E-state index in [0.29, 0.717) is 12.0 Å². The largest absolute Gasteiger partial charge is 0.494 e. The molecule has 0 amide bonds. The Hall–Kier alpha value is -1.09. The van der Waals surface area contributed by atoms with Crippen LogP contribution in [0.4, 0.5) is 4.39 Å². The Bertz CT molecular complexity index is 415. The Morgan fingerprint density at radius 2 is 2.18 bits per heavy atom. The molecule has 0 spiro atoms. The van der Waals surface area contributed by atoms with Gasteiger partial charge in [0.25, 0.3) is 0 Å². The van der Waals surface area contributed by atoms with Crippen molar-refractivity contribution >= 4 is 0 Å². The molecule has 94 valence electrons. The summed E-state index contributed by atoms with van der Waals surface area (Å²) in [4.78, 5) is 0. The molecule has 1 aromatic carbocycles. The SMILES string of the molecule is COc1cccc(CC(O)C2CC2(C)C)c1F. The molecule has 0 bridgehead atoms. The van der Waals surface area contributed by atoms with Gasteiger partial charge in [0.1, 0.15) is 0 Å². The molecule has 3 heteroatoms. The second-order valence-corrected chi connectivity index (χ2v) is 5.50. The van der Waals surface area contributed by atoms with Crippen LogP contribution in [-0.4, -0.2) is 18.3 Å². The normalized spacial score (nSPS) is 23.2. The highest BCUT2D eigenvalue weighted by atomic mass is 19.1. The van der Waals surface area contributed by atoms with Crippen molar-refractivity contribution in [2.45, 2.75) is 32.8 Å². The van der Waals surface area contributed by atoms with Crippen LogP contribution in [0.2, 0.25) is 0 Å². The van der Waals surface area contributed by atoms with Crippen LogP contribution in [0, 0.1) is 17.2 Å². The molecule has 2 atom stereocenters. The summed E-state index contributed by atoms with van der Waals surface area (Å²) in [5, 5.41) is 10.1. The van der Waals surface area contributed by atoms with E-state index in [9.17, 15) is 9.50 Å². The summed E-state index contributed by atoms with van der Waals surface area (Å²) in [5.41, 5.74) is 0.730. The maximum atomic E-state index is 13.9. The Kier molecular flexibility index (Phi) is 3.13. The van der Waals surface area contributed by atoms with Crippen molar-refractivity contribution in [3.05, 3.63) is 29.6 Å². The average Bonchev–Trinajstić information content (AvgIpc) is 2.91. The molecule has 2 unspecified atom stereocenters. The molecule has 1 aliphatic carbocycles. The summed E-state index contributed by atoms with van der Waals surface area (Å²) in [6, 6.07) is 5.05. The number of hydrogen-bond donors (Lipinski definition) is 1. The van der Waals surface area contributed by atoms with Gasteiger partial charge in [-0.25, -0.2) is 4.39 Å². The third kappa shape index (κ3) is 2.44. The van der Waals surface area contributed by atoms with E-state index in [1.807, 2.05) is 0 Å². The molecule has 1 saturated carbocycles. The van der Waals surface area contributed by atoms with Crippen molar-refractivity contribution in [1.82, 2.24) is 0 Å². The number of halogens is 1. The molecule has 0 radical (unpaired) electrons. The zero-order chi connectivity index (χ0) is 12.6. The number of aliphatic hydroxyl groups excluding tert-OH is 1. The van der Waals surface area contributed by atoms with Crippen molar-refractivity contribution in [3.8, 4) is 5.75 Å². The molecule has 2 rings (SSSR count). The molecular weight excluding hydrogens is 219 g/mol. The zero-order valence-electron chi connectivity index (χ0n) is 10.5. The standard InChI is InChI=1S/C14H19FO2/c1-14(2)8-10(14)11(16)7-9-5-4-6-12(17-3)13(9)15/h4-6,10-11,16H,7-8H2,1-3H3. The highest BCUT2D eigenvalue weighted by molar-refractivity contribution is 5.31. The zero-order valence-corrected chi connectivity index (χ0v) is 10.5. The second kappa shape index (κ2) is 4.30. The summed E-state index contributed by atoms with van der Waals surface area (Å²) in [6.07, 6.45) is 0.906. The van der Waals surface area contributed by atoms with Gasteiger partial charge in [-0.05, 0) is 29.4 Å². The van der Waals surface area contributed by atoms with E-state index in [1.54, 1.807) is 18.2 Å². The molecule has 1 fully saturated rings. The Balaban J connectivity index is 2.09. The third-order valence-electron chi connectivity index (χ3n) is 3.75. The van der Waals surface area contributed by atoms with Gasteiger partial charge in [-0.1, -0.05) is 26.0 Å². The smallest absolute Gasteiger partial charge is 0.168 e. The van der Waals surface area contributed by atoms with E-state index >= 15 is 0 Å². The number of ether oxygens (including phenoxy) is 1. The van der Waals surface area contributed by atoms with Gasteiger partial charge in [0.2, 0.25) is 0 Å². The van der Waals surface area contributed by atoms with Crippen LogP contribution in [0.5, 0.6) is 5.75 Å². The van der Waals surface area contributed by atoms with E-state index in [4.69, 9.17) is 4.74 Å². The van der Waals surface area contributed by atoms with Crippen molar-refractivity contribution in [1.29, 1.82) is 0 Å². The Morgan fingerprint density at radius 1 is 1.53 bits per heavy atom. The van der Waals surface area contributed by atoms with Crippen molar-refractivity contribution in [2.75, 3.05) is 7.11 Å². The lowest BCUT2D eigenvalue weighted by Gasteiger charge is -2.14. The molecule has 0 aliphatic heterocycles. The molecular formula is C14H19FO2. The van der Waals surface area contributed by atoms with Gasteiger partial charge in [-0.15, -0.1) is 0 Å². The fourth-order valence-corrected chi connectivity index (χ4v) is 2.40. The average molecular weight is 238 g/mol. The number of benzene rings is 1. The van der Waals surface area contributed by atoms with Crippen LogP contribution in [0.3, 0.4) is 0 Å². The van der Waals surface area contributed by atoms with Gasteiger partial charge in [-0.2, -0.15) is 0 Å². The van der Waals surface area contributed by atoms with Crippen molar-refractivity contribution < 1.29 is 14.2 Å². The maximum absolute atomic E-state index is 13.9. The van der Waals surface area contributed by atoms with Gasteiger partial charge in [-0.3, -0.25) is 0 Å². The topological polar surface area (TPSA) is 29.5 Å². The monoisotopic (exact) mass is 238 g/mol. The predicted molar refractivity (Wildman–Crippen MR) is 64.6 cm³/mol. The lowest BCUT2D eigenvalue weighted by molar-refractivity contribution is 0.135. The predicted octanol–water partition coefficient (Wildman–Crippen LogP) is 2.78. The van der Waals surface area contributed by atoms with Gasteiger partial charge in [0, 0.05) is 6.42 Å². The van der Waals surface area contributed by atoms with Gasteiger partial charge >= 0.3 is 0 Å². The van der Waals surface area contributed by atoms with E-state index in [2.05, 4.69) is 13.8 Å². The minimum atomic E-state index is -0.466. The molecule has 1 aromatic rings. The van der Waals surface area contributed by atoms with Crippen LogP contribution in [0.1, 0.15) is 25.8 Å². The Morgan fingerprint density at radius 3 is 2.71 bits per heavy atom. The quantitative estimate of drug-likeness (QED) is 0.874. The van der Waals surface area contributed by atoms with E-state index < -0.39 is 6.10 Å². The minimum Gasteiger partial charge on any atom is -0.494 e. The number of rotatable bonds is 4. The molecule has 0 saturated heterocycles. The van der Waals surface area contributed by atoms with E-state index in [1.165, 1.54) is 7.11 Å². The van der Waals surface area contributed by atoms with Gasteiger partial charge < -0.3 is 9.84 Å². The molecule has 1 aliphatic rings. The van der Waals surface area contributed by atoms with Crippen LogP contribution in [0.15, 0.2) is 18.2 Å². The van der Waals surface area contributed by atoms with Crippen LogP contribution < -0.4 is 4.74 Å². The highest BCUT2D eigenvalue weighted by Crippen LogP contribution is 2.54. The van der Waals surface area contributed by atoms with Crippen molar-refractivity contribution in [2.24, 2.45) is 11.3 Å². The summed E-state index contributed by atoms with van der Waals surface area (Å²) in [7, 11) is 1.45. The van der Waals surface area contributed by atoms with Gasteiger partial charge in [0.15, 0.2) is 11.6 Å². The number of methoxy groups -OCH3 is 1. The molecule has 0 heterocycles. The maximum Gasteiger partial charge on any atom is 0.168 e. The first-order valence-electron chi connectivity index (χ1n) is 5.95. The lowest BCUT2D eigenvalue weighted by Crippen LogP contribution is -2.17. The van der Waals surface area contributed by atoms with Crippen LogP contribution in [-0.2, 0) is 6.42 Å². The molecule has 0 aromatic heterocycles. The third-order valence-corrected chi connectivity index (χ3v) is 3.75. The van der Waals surface area contributed by atoms with Crippen LogP contribution in [0.25, 0.3) is 0 Å². The van der Waals surface area contributed by atoms with Crippen LogP contribution >= 0.6 is 0 Å². The Labute approximate surface area is 101 Å². The summed E-state index contributed by atoms with van der Waals surface area (Å²) in [6.45, 7) is 4.26. The van der Waals surface area contributed by atoms with Gasteiger partial charge in [0.05, 0.1) is 13.2 Å². The summed E-state index contributed by atoms with van der Waals surface area (Å²) < 4.78 is 18.8. The first-order valence-corrected chi connectivity index (χ1v) is 5.95. The summed E-state index contributed by atoms with van der Waals surface area (Å²) in [5.74, 6) is 0.172. The first kappa shape index (κ1) is 12.4. The van der Waals surface area contributed by atoms with Crippen molar-refractivity contribution in [3.63, 3.8) is 0 Å². The number of hydrogen-bond acceptors (Lipinski definition) is 2. The number of aliphatic hydroxyl groups is 1.